The highest BCUT2D eigenvalue weighted by Crippen LogP contribution is 2.29. The summed E-state index contributed by atoms with van der Waals surface area (Å²) in [6.45, 7) is 9.93. The Hall–Kier alpha value is -2.49. The van der Waals surface area contributed by atoms with Crippen LogP contribution in [0.3, 0.4) is 0 Å². The number of amides is 3. The van der Waals surface area contributed by atoms with Gasteiger partial charge in [0.15, 0.2) is 0 Å². The molecule has 0 saturated carbocycles. The summed E-state index contributed by atoms with van der Waals surface area (Å²) in [6, 6.07) is 8.66. The van der Waals surface area contributed by atoms with Gasteiger partial charge in [0.2, 0.25) is 11.8 Å². The molecule has 41 heavy (non-hydrogen) atoms. The van der Waals surface area contributed by atoms with Crippen LogP contribution in [-0.2, 0) is 35.1 Å². The number of hydrogen-bond acceptors (Lipinski definition) is 6. The first-order valence-corrected chi connectivity index (χ1v) is 15.3. The van der Waals surface area contributed by atoms with E-state index in [4.69, 9.17) is 14.3 Å². The highest BCUT2D eigenvalue weighted by molar-refractivity contribution is 5.88. The summed E-state index contributed by atoms with van der Waals surface area (Å²) in [5.74, 6) is -0.378. The minimum Gasteiger partial charge on any atom is -0.381 e. The second-order valence-electron chi connectivity index (χ2n) is 11.7. The molecule has 1 aromatic carbocycles. The minimum atomic E-state index is -0.770. The summed E-state index contributed by atoms with van der Waals surface area (Å²) < 4.78 is 11.7. The molecule has 1 unspecified atom stereocenters. The zero-order valence-corrected chi connectivity index (χ0v) is 25.8. The van der Waals surface area contributed by atoms with Crippen molar-refractivity contribution in [3.63, 3.8) is 0 Å². The van der Waals surface area contributed by atoms with Crippen molar-refractivity contribution >= 4 is 17.7 Å². The van der Waals surface area contributed by atoms with E-state index in [1.807, 2.05) is 42.2 Å². The van der Waals surface area contributed by atoms with Gasteiger partial charge in [-0.05, 0) is 43.1 Å². The van der Waals surface area contributed by atoms with Gasteiger partial charge in [-0.3, -0.25) is 19.2 Å². The lowest BCUT2D eigenvalue weighted by Crippen LogP contribution is -2.55. The van der Waals surface area contributed by atoms with E-state index >= 15 is 0 Å². The first-order chi connectivity index (χ1) is 19.7. The van der Waals surface area contributed by atoms with Crippen molar-refractivity contribution < 1.29 is 28.7 Å². The Kier molecular flexibility index (Phi) is 13.1. The molecule has 0 aliphatic carbocycles. The predicted octanol–water partition coefficient (Wildman–Crippen LogP) is 4.00. The van der Waals surface area contributed by atoms with Crippen LogP contribution in [0.25, 0.3) is 0 Å². The van der Waals surface area contributed by atoms with E-state index in [0.717, 1.165) is 37.7 Å². The Bertz CT molecular complexity index is 969. The van der Waals surface area contributed by atoms with Gasteiger partial charge in [0.25, 0.3) is 5.91 Å². The Morgan fingerprint density at radius 1 is 1.02 bits per heavy atom. The zero-order chi connectivity index (χ0) is 29.9. The number of nitrogens with zero attached hydrogens (tertiary/aromatic N) is 2. The molecular weight excluding hydrogens is 522 g/mol. The van der Waals surface area contributed by atoms with Crippen LogP contribution in [0, 0.1) is 17.8 Å². The molecule has 2 aliphatic heterocycles. The lowest BCUT2D eigenvalue weighted by Gasteiger charge is -2.36. The maximum atomic E-state index is 13.7. The summed E-state index contributed by atoms with van der Waals surface area (Å²) in [5.41, 5.74) is 0.950. The third kappa shape index (κ3) is 8.75. The second kappa shape index (κ2) is 16.2. The summed E-state index contributed by atoms with van der Waals surface area (Å²) >= 11 is 0. The Balaban J connectivity index is 1.71. The highest BCUT2D eigenvalue weighted by Gasteiger charge is 2.41. The Labute approximate surface area is 246 Å². The second-order valence-corrected chi connectivity index (χ2v) is 11.7. The van der Waals surface area contributed by atoms with Gasteiger partial charge in [-0.2, -0.15) is 0 Å². The van der Waals surface area contributed by atoms with Crippen molar-refractivity contribution in [3.05, 3.63) is 35.9 Å². The predicted molar refractivity (Wildman–Crippen MR) is 158 cm³/mol. The van der Waals surface area contributed by atoms with Crippen LogP contribution < -0.4 is 5.32 Å². The molecule has 3 rings (SSSR count). The molecule has 230 valence electrons. The van der Waals surface area contributed by atoms with Crippen LogP contribution in [0.1, 0.15) is 71.8 Å². The Morgan fingerprint density at radius 2 is 1.76 bits per heavy atom. The summed E-state index contributed by atoms with van der Waals surface area (Å²) in [7, 11) is 3.26. The number of methoxy groups -OCH3 is 2. The number of rotatable bonds is 14. The molecule has 0 radical (unpaired) electrons. The Morgan fingerprint density at radius 3 is 2.37 bits per heavy atom. The fourth-order valence-corrected chi connectivity index (χ4v) is 6.10. The van der Waals surface area contributed by atoms with Gasteiger partial charge in [0, 0.05) is 33.7 Å². The maximum absolute atomic E-state index is 13.7. The van der Waals surface area contributed by atoms with E-state index < -0.39 is 18.1 Å². The number of hydroxylamine groups is 2. The molecule has 0 bridgehead atoms. The quantitative estimate of drug-likeness (QED) is 0.362. The monoisotopic (exact) mass is 573 g/mol. The SMILES string of the molecule is CCC(C)[C@H](C)[C@@H](CC(=O)N1CCC[C@H]1[C@H](OC)[C@@H](C)C(=O)N[C@@H](Cc1ccccc1)C(=O)N1CCCCO1)OC. The van der Waals surface area contributed by atoms with Gasteiger partial charge in [-0.15, -0.1) is 0 Å². The van der Waals surface area contributed by atoms with Gasteiger partial charge >= 0.3 is 0 Å². The average Bonchev–Trinajstić information content (AvgIpc) is 3.49. The van der Waals surface area contributed by atoms with Crippen LogP contribution in [0.4, 0.5) is 0 Å². The number of hydrogen-bond donors (Lipinski definition) is 1. The van der Waals surface area contributed by atoms with E-state index in [-0.39, 0.29) is 35.8 Å². The normalized spacial score (nSPS) is 22.0. The third-order valence-corrected chi connectivity index (χ3v) is 9.13. The largest absolute Gasteiger partial charge is 0.381 e. The van der Waals surface area contributed by atoms with Crippen molar-refractivity contribution in [2.75, 3.05) is 33.9 Å². The van der Waals surface area contributed by atoms with Crippen molar-refractivity contribution in [2.45, 2.75) is 96.9 Å². The molecule has 3 amide bonds. The van der Waals surface area contributed by atoms with Crippen molar-refractivity contribution in [1.29, 1.82) is 0 Å². The summed E-state index contributed by atoms with van der Waals surface area (Å²) in [6.07, 6.45) is 4.40. The van der Waals surface area contributed by atoms with Crippen molar-refractivity contribution in [2.24, 2.45) is 17.8 Å². The fourth-order valence-electron chi connectivity index (χ4n) is 6.10. The van der Waals surface area contributed by atoms with Crippen LogP contribution in [0.15, 0.2) is 30.3 Å². The number of carbonyl (C=O) groups excluding carboxylic acids is 3. The topological polar surface area (TPSA) is 97.4 Å². The van der Waals surface area contributed by atoms with Gasteiger partial charge in [-0.25, -0.2) is 5.06 Å². The molecule has 1 N–H and O–H groups in total. The molecule has 2 saturated heterocycles. The maximum Gasteiger partial charge on any atom is 0.269 e. The molecule has 7 atom stereocenters. The first kappa shape index (κ1) is 33.0. The smallest absolute Gasteiger partial charge is 0.269 e. The standard InChI is InChI=1S/C32H51N3O6/c1-7-22(2)23(3)28(39-5)21-29(36)34-17-13-16-27(34)30(40-6)24(4)31(37)33-26(20-25-14-9-8-10-15-25)32(38)35-18-11-12-19-41-35/h8-10,14-15,22-24,26-28,30H,7,11-13,16-21H2,1-6H3,(H,33,37)/t22?,23-,24+,26-,27-,28+,30+/m0/s1. The minimum absolute atomic E-state index is 0.0311. The number of ether oxygens (including phenoxy) is 2. The van der Waals surface area contributed by atoms with Crippen LogP contribution in [0.5, 0.6) is 0 Å². The number of benzene rings is 1. The van der Waals surface area contributed by atoms with Gasteiger partial charge in [0.1, 0.15) is 6.04 Å². The van der Waals surface area contributed by atoms with E-state index in [0.29, 0.717) is 38.5 Å². The fraction of sp³-hybridized carbons (Fsp3) is 0.719. The molecule has 9 heteroatoms. The van der Waals surface area contributed by atoms with Gasteiger partial charge in [0.05, 0.1) is 37.2 Å². The van der Waals surface area contributed by atoms with Crippen molar-refractivity contribution in [3.8, 4) is 0 Å². The lowest BCUT2D eigenvalue weighted by molar-refractivity contribution is -0.199. The van der Waals surface area contributed by atoms with E-state index in [2.05, 4.69) is 26.1 Å². The van der Waals surface area contributed by atoms with E-state index in [1.54, 1.807) is 14.2 Å². The van der Waals surface area contributed by atoms with Crippen molar-refractivity contribution in [1.82, 2.24) is 15.3 Å². The van der Waals surface area contributed by atoms with Gasteiger partial charge < -0.3 is 19.7 Å². The number of carbonyl (C=O) groups is 3. The van der Waals surface area contributed by atoms with E-state index in [9.17, 15) is 14.4 Å². The molecule has 0 spiro atoms. The third-order valence-electron chi connectivity index (χ3n) is 9.13. The first-order valence-electron chi connectivity index (χ1n) is 15.3. The zero-order valence-electron chi connectivity index (χ0n) is 25.8. The molecule has 0 aromatic heterocycles. The molecule has 9 nitrogen and oxygen atoms in total. The lowest BCUT2D eigenvalue weighted by atomic mass is 9.87. The molecular formula is C32H51N3O6. The highest BCUT2D eigenvalue weighted by atomic mass is 16.7. The average molecular weight is 574 g/mol. The summed E-state index contributed by atoms with van der Waals surface area (Å²) in [5, 5.41) is 4.39. The van der Waals surface area contributed by atoms with Gasteiger partial charge in [-0.1, -0.05) is 64.4 Å². The molecule has 2 aliphatic rings. The molecule has 2 heterocycles. The van der Waals surface area contributed by atoms with Crippen LogP contribution >= 0.6 is 0 Å². The molecule has 1 aromatic rings. The molecule has 2 fully saturated rings. The van der Waals surface area contributed by atoms with E-state index in [1.165, 1.54) is 5.06 Å². The summed E-state index contributed by atoms with van der Waals surface area (Å²) in [4.78, 5) is 48.1. The number of nitrogens with one attached hydrogen (secondary N) is 1. The van der Waals surface area contributed by atoms with Crippen LogP contribution in [0.2, 0.25) is 0 Å². The number of likely N-dealkylation sites (tertiary alicyclic amines) is 1. The van der Waals surface area contributed by atoms with Crippen LogP contribution in [-0.4, -0.2) is 85.9 Å².